The van der Waals surface area contributed by atoms with Crippen molar-refractivity contribution in [2.24, 2.45) is 4.40 Å². The molecule has 0 atom stereocenters. The first-order valence-corrected chi connectivity index (χ1v) is 9.84. The Bertz CT molecular complexity index is 1000. The minimum Gasteiger partial charge on any atom is -0.494 e. The number of benzene rings is 2. The molecular formula is C20H19N3O3S. The van der Waals surface area contributed by atoms with E-state index in [1.165, 1.54) is 12.1 Å². The highest BCUT2D eigenvalue weighted by molar-refractivity contribution is 7.90. The largest absolute Gasteiger partial charge is 0.494 e. The van der Waals surface area contributed by atoms with Crippen molar-refractivity contribution >= 4 is 21.7 Å². The topological polar surface area (TPSA) is 80.7 Å². The molecule has 0 saturated carbocycles. The lowest BCUT2D eigenvalue weighted by Crippen LogP contribution is -2.17. The molecule has 27 heavy (non-hydrogen) atoms. The minimum atomic E-state index is -3.92. The van der Waals surface area contributed by atoms with Gasteiger partial charge < -0.3 is 10.1 Å². The van der Waals surface area contributed by atoms with Gasteiger partial charge in [-0.05, 0) is 43.3 Å². The number of sulfonamides is 1. The lowest BCUT2D eigenvalue weighted by molar-refractivity contribution is 0.340. The fourth-order valence-corrected chi connectivity index (χ4v) is 3.33. The van der Waals surface area contributed by atoms with Gasteiger partial charge in [-0.3, -0.25) is 0 Å². The standard InChI is InChI=1S/C20H19N3O3S/c1-2-26-17-11-13-18(14-12-17)27(24,25)23-20(16-8-4-3-5-9-16)22-19-10-6-7-15-21-19/h3-15H,2H2,1H3,(H,21,22,23). The quantitative estimate of drug-likeness (QED) is 0.520. The molecule has 0 aliphatic rings. The number of ether oxygens (including phenoxy) is 1. The lowest BCUT2D eigenvalue weighted by Gasteiger charge is -2.10. The summed E-state index contributed by atoms with van der Waals surface area (Å²) in [6.07, 6.45) is 1.62. The van der Waals surface area contributed by atoms with Gasteiger partial charge in [0.15, 0.2) is 5.84 Å². The monoisotopic (exact) mass is 381 g/mol. The molecule has 7 heteroatoms. The number of pyridine rings is 1. The molecule has 2 aromatic carbocycles. The Morgan fingerprint density at radius 2 is 1.70 bits per heavy atom. The van der Waals surface area contributed by atoms with Crippen LogP contribution in [0.5, 0.6) is 5.75 Å². The van der Waals surface area contributed by atoms with E-state index in [0.717, 1.165) is 0 Å². The predicted octanol–water partition coefficient (Wildman–Crippen LogP) is 3.73. The van der Waals surface area contributed by atoms with Crippen LogP contribution in [0.25, 0.3) is 0 Å². The molecule has 3 rings (SSSR count). The van der Waals surface area contributed by atoms with Crippen LogP contribution in [-0.2, 0) is 10.0 Å². The molecule has 6 nitrogen and oxygen atoms in total. The summed E-state index contributed by atoms with van der Waals surface area (Å²) in [6, 6.07) is 20.5. The molecule has 0 amide bonds. The summed E-state index contributed by atoms with van der Waals surface area (Å²) in [6.45, 7) is 2.38. The van der Waals surface area contributed by atoms with Crippen LogP contribution >= 0.6 is 0 Å². The molecule has 1 heterocycles. The number of rotatable bonds is 6. The third kappa shape index (κ3) is 4.92. The first-order valence-electron chi connectivity index (χ1n) is 8.40. The van der Waals surface area contributed by atoms with Gasteiger partial charge >= 0.3 is 0 Å². The third-order valence-corrected chi connectivity index (χ3v) is 4.89. The summed E-state index contributed by atoms with van der Waals surface area (Å²) >= 11 is 0. The average Bonchev–Trinajstić information content (AvgIpc) is 2.69. The van der Waals surface area contributed by atoms with Crippen molar-refractivity contribution in [3.8, 4) is 5.75 Å². The third-order valence-electron chi connectivity index (χ3n) is 3.60. The first kappa shape index (κ1) is 18.6. The molecule has 1 N–H and O–H groups in total. The predicted molar refractivity (Wildman–Crippen MR) is 106 cm³/mol. The highest BCUT2D eigenvalue weighted by Gasteiger charge is 2.16. The maximum Gasteiger partial charge on any atom is 0.284 e. The zero-order chi connectivity index (χ0) is 19.1. The molecule has 0 unspecified atom stereocenters. The molecule has 0 fully saturated rings. The summed E-state index contributed by atoms with van der Waals surface area (Å²) < 4.78 is 34.9. The van der Waals surface area contributed by atoms with E-state index in [1.807, 2.05) is 25.1 Å². The van der Waals surface area contributed by atoms with Crippen molar-refractivity contribution < 1.29 is 13.2 Å². The Kier molecular flexibility index (Phi) is 5.83. The van der Waals surface area contributed by atoms with Crippen molar-refractivity contribution in [2.45, 2.75) is 11.8 Å². The van der Waals surface area contributed by atoms with Crippen LogP contribution < -0.4 is 10.1 Å². The van der Waals surface area contributed by atoms with Gasteiger partial charge in [-0.25, -0.2) is 4.98 Å². The number of hydrogen-bond acceptors (Lipinski definition) is 4. The maximum atomic E-state index is 12.8. The van der Waals surface area contributed by atoms with Crippen LogP contribution in [0.1, 0.15) is 12.5 Å². The van der Waals surface area contributed by atoms with Crippen LogP contribution in [0.15, 0.2) is 88.3 Å². The average molecular weight is 381 g/mol. The van der Waals surface area contributed by atoms with Gasteiger partial charge in [-0.2, -0.15) is 8.42 Å². The van der Waals surface area contributed by atoms with Gasteiger partial charge in [0.1, 0.15) is 11.6 Å². The Morgan fingerprint density at radius 1 is 1.00 bits per heavy atom. The Labute approximate surface area is 158 Å². The first-order chi connectivity index (χ1) is 13.1. The van der Waals surface area contributed by atoms with Crippen LogP contribution in [-0.4, -0.2) is 25.8 Å². The summed E-state index contributed by atoms with van der Waals surface area (Å²) in [4.78, 5) is 4.26. The van der Waals surface area contributed by atoms with Crippen LogP contribution in [0, 0.1) is 0 Å². The lowest BCUT2D eigenvalue weighted by atomic mass is 10.2. The molecule has 0 aliphatic carbocycles. The van der Waals surface area contributed by atoms with E-state index in [-0.39, 0.29) is 10.7 Å². The fourth-order valence-electron chi connectivity index (χ4n) is 2.35. The Hall–Kier alpha value is -3.19. The molecule has 0 aliphatic heterocycles. The van der Waals surface area contributed by atoms with Crippen LogP contribution in [0.3, 0.4) is 0 Å². The molecule has 0 bridgehead atoms. The Morgan fingerprint density at radius 3 is 2.33 bits per heavy atom. The number of nitrogens with zero attached hydrogens (tertiary/aromatic N) is 2. The molecule has 1 aromatic heterocycles. The van der Waals surface area contributed by atoms with Crippen molar-refractivity contribution in [3.05, 3.63) is 84.6 Å². The van der Waals surface area contributed by atoms with E-state index in [4.69, 9.17) is 4.74 Å². The van der Waals surface area contributed by atoms with Gasteiger partial charge in [0.05, 0.1) is 11.5 Å². The number of aromatic nitrogens is 1. The van der Waals surface area contributed by atoms with Crippen LogP contribution in [0.4, 0.5) is 5.82 Å². The van der Waals surface area contributed by atoms with Gasteiger partial charge in [-0.15, -0.1) is 4.40 Å². The van der Waals surface area contributed by atoms with Crippen molar-refractivity contribution in [1.82, 2.24) is 4.98 Å². The highest BCUT2D eigenvalue weighted by Crippen LogP contribution is 2.19. The second-order valence-electron chi connectivity index (χ2n) is 5.53. The van der Waals surface area contributed by atoms with Crippen molar-refractivity contribution in [3.63, 3.8) is 0 Å². The van der Waals surface area contributed by atoms with Gasteiger partial charge in [0.2, 0.25) is 0 Å². The normalized spacial score (nSPS) is 11.8. The molecule has 138 valence electrons. The second-order valence-corrected chi connectivity index (χ2v) is 7.13. The van der Waals surface area contributed by atoms with E-state index in [1.54, 1.807) is 48.7 Å². The summed E-state index contributed by atoms with van der Waals surface area (Å²) in [5.74, 6) is 1.31. The maximum absolute atomic E-state index is 12.8. The minimum absolute atomic E-state index is 0.0854. The summed E-state index contributed by atoms with van der Waals surface area (Å²) in [5, 5.41) is 2.99. The summed E-state index contributed by atoms with van der Waals surface area (Å²) in [7, 11) is -3.92. The van der Waals surface area contributed by atoms with E-state index < -0.39 is 10.0 Å². The van der Waals surface area contributed by atoms with E-state index in [2.05, 4.69) is 14.7 Å². The molecular weight excluding hydrogens is 362 g/mol. The van der Waals surface area contributed by atoms with Crippen molar-refractivity contribution in [2.75, 3.05) is 11.9 Å². The van der Waals surface area contributed by atoms with Gasteiger partial charge in [-0.1, -0.05) is 36.4 Å². The molecule has 0 spiro atoms. The van der Waals surface area contributed by atoms with E-state index in [9.17, 15) is 8.42 Å². The zero-order valence-electron chi connectivity index (χ0n) is 14.7. The smallest absolute Gasteiger partial charge is 0.284 e. The van der Waals surface area contributed by atoms with Crippen LogP contribution in [0.2, 0.25) is 0 Å². The molecule has 0 radical (unpaired) electrons. The number of amidine groups is 1. The Balaban J connectivity index is 1.98. The van der Waals surface area contributed by atoms with Gasteiger partial charge in [0, 0.05) is 11.8 Å². The number of hydrogen-bond donors (Lipinski definition) is 1. The highest BCUT2D eigenvalue weighted by atomic mass is 32.2. The van der Waals surface area contributed by atoms with Gasteiger partial charge in [0.25, 0.3) is 10.0 Å². The van der Waals surface area contributed by atoms with E-state index in [0.29, 0.717) is 23.7 Å². The second kappa shape index (κ2) is 8.46. The van der Waals surface area contributed by atoms with E-state index >= 15 is 0 Å². The van der Waals surface area contributed by atoms with Crippen molar-refractivity contribution in [1.29, 1.82) is 0 Å². The fraction of sp³-hybridized carbons (Fsp3) is 0.100. The zero-order valence-corrected chi connectivity index (χ0v) is 15.6. The molecule has 3 aromatic rings. The number of nitrogens with one attached hydrogen (secondary N) is 1. The summed E-state index contributed by atoms with van der Waals surface area (Å²) in [5.41, 5.74) is 0.637. The number of anilines is 1. The molecule has 0 saturated heterocycles. The SMILES string of the molecule is CCOc1ccc(S(=O)(=O)/N=C(\Nc2ccccn2)c2ccccc2)cc1.